The Labute approximate surface area is 193 Å². The average molecular weight is 459 g/mol. The van der Waals surface area contributed by atoms with Gasteiger partial charge in [-0.3, -0.25) is 19.1 Å². The van der Waals surface area contributed by atoms with Crippen LogP contribution < -0.4 is 10.5 Å². The number of aromatic nitrogens is 1. The number of unbranched alkanes of at least 4 members (excludes halogenated alkanes) is 2. The van der Waals surface area contributed by atoms with E-state index < -0.39 is 0 Å². The number of carbonyl (C=O) groups is 1. The predicted octanol–water partition coefficient (Wildman–Crippen LogP) is 4.43. The van der Waals surface area contributed by atoms with Gasteiger partial charge in [-0.2, -0.15) is 5.26 Å². The number of nitrogens with zero attached hydrogens (tertiary/aromatic N) is 4. The Morgan fingerprint density at radius 2 is 1.84 bits per heavy atom. The lowest BCUT2D eigenvalue weighted by Crippen LogP contribution is -2.33. The topological polar surface area (TPSA) is 69.3 Å². The summed E-state index contributed by atoms with van der Waals surface area (Å²) in [4.78, 5) is 30.6. The summed E-state index contributed by atoms with van der Waals surface area (Å²) in [5.74, 6) is 0.752. The molecular weight excluding hydrogens is 428 g/mol. The molecule has 0 spiro atoms. The summed E-state index contributed by atoms with van der Waals surface area (Å²) in [5.41, 5.74) is 1.34. The molecule has 3 heterocycles. The molecule has 0 bridgehead atoms. The van der Waals surface area contributed by atoms with Crippen LogP contribution in [0.25, 0.3) is 6.08 Å². The summed E-state index contributed by atoms with van der Waals surface area (Å²) in [6.45, 7) is 8.87. The Balaban J connectivity index is 2.13. The second-order valence-corrected chi connectivity index (χ2v) is 9.72. The van der Waals surface area contributed by atoms with Crippen molar-refractivity contribution in [1.29, 1.82) is 5.26 Å². The van der Waals surface area contributed by atoms with Gasteiger partial charge in [-0.25, -0.2) is 0 Å². The number of thioether (sulfide) groups is 1. The third kappa shape index (κ3) is 4.73. The van der Waals surface area contributed by atoms with Crippen molar-refractivity contribution in [2.75, 3.05) is 24.5 Å². The first-order valence-electron chi connectivity index (χ1n) is 11.1. The van der Waals surface area contributed by atoms with Crippen LogP contribution in [0.5, 0.6) is 0 Å². The summed E-state index contributed by atoms with van der Waals surface area (Å²) in [7, 11) is 0. The molecule has 0 unspecified atom stereocenters. The number of carbonyl (C=O) groups excluding carboxylic acids is 1. The molecule has 31 heavy (non-hydrogen) atoms. The first-order chi connectivity index (χ1) is 14.9. The van der Waals surface area contributed by atoms with E-state index in [9.17, 15) is 14.9 Å². The summed E-state index contributed by atoms with van der Waals surface area (Å²) in [6, 6.07) is 2.10. The largest absolute Gasteiger partial charge is 0.357 e. The molecule has 1 aromatic heterocycles. The maximum atomic E-state index is 13.1. The average Bonchev–Trinajstić information content (AvgIpc) is 3.36. The van der Waals surface area contributed by atoms with Crippen LogP contribution in [0, 0.1) is 18.3 Å². The van der Waals surface area contributed by atoms with E-state index in [1.807, 2.05) is 19.9 Å². The quantitative estimate of drug-likeness (QED) is 0.326. The van der Waals surface area contributed by atoms with E-state index in [1.165, 1.54) is 11.8 Å². The molecule has 0 N–H and O–H groups in total. The van der Waals surface area contributed by atoms with Gasteiger partial charge in [-0.1, -0.05) is 50.7 Å². The fourth-order valence-electron chi connectivity index (χ4n) is 4.19. The van der Waals surface area contributed by atoms with Gasteiger partial charge < -0.3 is 4.90 Å². The Morgan fingerprint density at radius 1 is 1.13 bits per heavy atom. The maximum Gasteiger partial charge on any atom is 0.270 e. The molecule has 0 radical (unpaired) electrons. The van der Waals surface area contributed by atoms with Crippen molar-refractivity contribution >= 4 is 46.1 Å². The molecule has 0 saturated carbocycles. The first-order valence-corrected chi connectivity index (χ1v) is 12.3. The van der Waals surface area contributed by atoms with Crippen LogP contribution in [-0.4, -0.2) is 39.3 Å². The van der Waals surface area contributed by atoms with Crippen molar-refractivity contribution in [1.82, 2.24) is 9.47 Å². The van der Waals surface area contributed by atoms with Crippen molar-refractivity contribution in [3.8, 4) is 6.07 Å². The monoisotopic (exact) mass is 458 g/mol. The van der Waals surface area contributed by atoms with Gasteiger partial charge in [-0.05, 0) is 44.2 Å². The first kappa shape index (κ1) is 23.6. The Bertz CT molecular complexity index is 1000. The number of amides is 1. The SMILES string of the molecule is CCCCCN1C(=O)C(=Cc2c(C)c(C#N)c(=O)n(CCC)c2N2CCCC2)SC1=S. The fourth-order valence-corrected chi connectivity index (χ4v) is 5.48. The zero-order chi connectivity index (χ0) is 22.5. The number of hydrogen-bond acceptors (Lipinski definition) is 6. The highest BCUT2D eigenvalue weighted by atomic mass is 32.2. The van der Waals surface area contributed by atoms with E-state index in [0.29, 0.717) is 27.9 Å². The molecule has 166 valence electrons. The van der Waals surface area contributed by atoms with E-state index in [4.69, 9.17) is 12.2 Å². The van der Waals surface area contributed by atoms with Crippen LogP contribution in [0.3, 0.4) is 0 Å². The van der Waals surface area contributed by atoms with Crippen molar-refractivity contribution in [3.63, 3.8) is 0 Å². The maximum absolute atomic E-state index is 13.1. The van der Waals surface area contributed by atoms with Crippen LogP contribution in [0.2, 0.25) is 0 Å². The molecule has 6 nitrogen and oxygen atoms in total. The van der Waals surface area contributed by atoms with E-state index in [-0.39, 0.29) is 17.0 Å². The van der Waals surface area contributed by atoms with Crippen LogP contribution in [0.4, 0.5) is 5.82 Å². The van der Waals surface area contributed by atoms with Crippen molar-refractivity contribution in [3.05, 3.63) is 31.9 Å². The van der Waals surface area contributed by atoms with Gasteiger partial charge in [0.1, 0.15) is 21.8 Å². The zero-order valence-corrected chi connectivity index (χ0v) is 20.2. The Kier molecular flexibility index (Phi) is 7.95. The highest BCUT2D eigenvalue weighted by Crippen LogP contribution is 2.36. The molecule has 0 atom stereocenters. The lowest BCUT2D eigenvalue weighted by molar-refractivity contribution is -0.122. The molecule has 1 aromatic rings. The normalized spacial score (nSPS) is 17.8. The zero-order valence-electron chi connectivity index (χ0n) is 18.6. The lowest BCUT2D eigenvalue weighted by Gasteiger charge is -2.26. The molecule has 3 rings (SSSR count). The molecule has 2 saturated heterocycles. The Morgan fingerprint density at radius 3 is 2.45 bits per heavy atom. The van der Waals surface area contributed by atoms with Crippen molar-refractivity contribution < 1.29 is 4.79 Å². The molecule has 2 aliphatic heterocycles. The van der Waals surface area contributed by atoms with Crippen LogP contribution >= 0.6 is 24.0 Å². The van der Waals surface area contributed by atoms with Crippen LogP contribution in [0.1, 0.15) is 69.1 Å². The molecule has 2 aliphatic rings. The van der Waals surface area contributed by atoms with E-state index in [0.717, 1.165) is 63.0 Å². The minimum Gasteiger partial charge on any atom is -0.357 e. The number of thiocarbonyl (C=S) groups is 1. The Hall–Kier alpha value is -2.11. The third-order valence-electron chi connectivity index (χ3n) is 5.83. The molecular formula is C23H30N4O2S2. The van der Waals surface area contributed by atoms with Crippen molar-refractivity contribution in [2.24, 2.45) is 0 Å². The van der Waals surface area contributed by atoms with Gasteiger partial charge in [0.25, 0.3) is 11.5 Å². The highest BCUT2D eigenvalue weighted by molar-refractivity contribution is 8.26. The van der Waals surface area contributed by atoms with Gasteiger partial charge in [0.2, 0.25) is 0 Å². The minimum atomic E-state index is -0.243. The van der Waals surface area contributed by atoms with E-state index >= 15 is 0 Å². The minimum absolute atomic E-state index is 0.0791. The number of hydrogen-bond donors (Lipinski definition) is 0. The van der Waals surface area contributed by atoms with Gasteiger partial charge in [-0.15, -0.1) is 0 Å². The van der Waals surface area contributed by atoms with E-state index in [2.05, 4.69) is 17.9 Å². The second kappa shape index (κ2) is 10.5. The molecule has 0 aromatic carbocycles. The van der Waals surface area contributed by atoms with Gasteiger partial charge in [0.15, 0.2) is 0 Å². The van der Waals surface area contributed by atoms with Crippen LogP contribution in [0.15, 0.2) is 9.70 Å². The number of pyridine rings is 1. The lowest BCUT2D eigenvalue weighted by atomic mass is 10.0. The van der Waals surface area contributed by atoms with Gasteiger partial charge in [0, 0.05) is 31.7 Å². The molecule has 2 fully saturated rings. The predicted molar refractivity (Wildman–Crippen MR) is 131 cm³/mol. The third-order valence-corrected chi connectivity index (χ3v) is 7.21. The summed E-state index contributed by atoms with van der Waals surface area (Å²) < 4.78 is 2.31. The fraction of sp³-hybridized carbons (Fsp3) is 0.565. The van der Waals surface area contributed by atoms with Gasteiger partial charge >= 0.3 is 0 Å². The number of nitriles is 1. The standard InChI is InChI=1S/C23H30N4O2S2/c1-4-6-7-13-27-22(29)19(31-23(27)30)14-17-16(3)18(15-24)21(28)26(10-5-2)20(17)25-11-8-9-12-25/h14H,4-13H2,1-3H3. The number of rotatable bonds is 8. The van der Waals surface area contributed by atoms with Crippen molar-refractivity contribution in [2.45, 2.75) is 65.8 Å². The molecule has 8 heteroatoms. The molecule has 1 amide bonds. The summed E-state index contributed by atoms with van der Waals surface area (Å²) in [6.07, 6.45) is 7.84. The second-order valence-electron chi connectivity index (χ2n) is 8.04. The van der Waals surface area contributed by atoms with Crippen LogP contribution in [-0.2, 0) is 11.3 Å². The smallest absolute Gasteiger partial charge is 0.270 e. The highest BCUT2D eigenvalue weighted by Gasteiger charge is 2.33. The number of anilines is 1. The van der Waals surface area contributed by atoms with Gasteiger partial charge in [0.05, 0.1) is 4.91 Å². The molecule has 0 aliphatic carbocycles. The summed E-state index contributed by atoms with van der Waals surface area (Å²) in [5, 5.41) is 9.69. The van der Waals surface area contributed by atoms with E-state index in [1.54, 1.807) is 9.47 Å². The summed E-state index contributed by atoms with van der Waals surface area (Å²) >= 11 is 6.79.